The molecule has 25 heavy (non-hydrogen) atoms. The van der Waals surface area contributed by atoms with Crippen LogP contribution in [0.5, 0.6) is 0 Å². The number of likely N-dealkylation sites (tertiary alicyclic amines) is 1. The summed E-state index contributed by atoms with van der Waals surface area (Å²) in [6.45, 7) is 11.7. The predicted octanol–water partition coefficient (Wildman–Crippen LogP) is 3.43. The van der Waals surface area contributed by atoms with Gasteiger partial charge in [-0.1, -0.05) is 13.8 Å². The van der Waals surface area contributed by atoms with Gasteiger partial charge in [-0.05, 0) is 38.7 Å². The smallest absolute Gasteiger partial charge is 0.257 e. The number of carbonyl (C=O) groups is 1. The molecule has 2 aliphatic rings. The van der Waals surface area contributed by atoms with Crippen molar-refractivity contribution < 1.29 is 13.9 Å². The number of hydrogen-bond acceptors (Lipinski definition) is 4. The first-order valence-electron chi connectivity index (χ1n) is 9.77. The highest BCUT2D eigenvalue weighted by atomic mass is 16.5. The summed E-state index contributed by atoms with van der Waals surface area (Å²) in [6, 6.07) is 2.30. The minimum Gasteiger partial charge on any atom is -0.465 e. The third-order valence-corrected chi connectivity index (χ3v) is 5.51. The number of hydrogen-bond donors (Lipinski definition) is 0. The fourth-order valence-corrected chi connectivity index (χ4v) is 3.88. The Balaban J connectivity index is 1.66. The van der Waals surface area contributed by atoms with Crippen molar-refractivity contribution in [2.75, 3.05) is 39.4 Å². The summed E-state index contributed by atoms with van der Waals surface area (Å²) in [5, 5.41) is 0. The lowest BCUT2D eigenvalue weighted by atomic mass is 9.97. The molecule has 0 saturated carbocycles. The molecule has 3 rings (SSSR count). The van der Waals surface area contributed by atoms with Gasteiger partial charge in [0.25, 0.3) is 5.91 Å². The molecule has 0 radical (unpaired) electrons. The van der Waals surface area contributed by atoms with Crippen LogP contribution in [0.3, 0.4) is 0 Å². The third-order valence-electron chi connectivity index (χ3n) is 5.51. The Morgan fingerprint density at radius 2 is 2.00 bits per heavy atom. The molecule has 1 atom stereocenters. The number of rotatable bonds is 5. The van der Waals surface area contributed by atoms with Crippen LogP contribution in [0.25, 0.3) is 0 Å². The van der Waals surface area contributed by atoms with Crippen LogP contribution in [0.2, 0.25) is 0 Å². The molecule has 5 nitrogen and oxygen atoms in total. The van der Waals surface area contributed by atoms with Gasteiger partial charge in [0.15, 0.2) is 0 Å². The fourth-order valence-electron chi connectivity index (χ4n) is 3.88. The van der Waals surface area contributed by atoms with Crippen LogP contribution < -0.4 is 0 Å². The zero-order valence-corrected chi connectivity index (χ0v) is 15.9. The van der Waals surface area contributed by atoms with Crippen molar-refractivity contribution in [3.8, 4) is 0 Å². The number of piperidine rings is 1. The van der Waals surface area contributed by atoms with E-state index in [0.717, 1.165) is 75.7 Å². The normalized spacial score (nSPS) is 22.6. The van der Waals surface area contributed by atoms with Gasteiger partial charge in [-0.15, -0.1) is 0 Å². The number of carbonyl (C=O) groups excluding carboxylic acids is 1. The molecular weight excluding hydrogens is 316 g/mol. The van der Waals surface area contributed by atoms with Gasteiger partial charge >= 0.3 is 0 Å². The van der Waals surface area contributed by atoms with Crippen LogP contribution >= 0.6 is 0 Å². The highest BCUT2D eigenvalue weighted by molar-refractivity contribution is 5.95. The van der Waals surface area contributed by atoms with E-state index >= 15 is 0 Å². The molecule has 0 unspecified atom stereocenters. The number of furan rings is 1. The molecule has 1 amide bonds. The summed E-state index contributed by atoms with van der Waals surface area (Å²) >= 11 is 0. The Labute approximate surface area is 151 Å². The molecule has 3 heterocycles. The SMILES string of the molecule is Cc1oc(C(C)C)cc1C(=O)N1CCCC[C@@H]1CCN1CCOCC1. The first-order chi connectivity index (χ1) is 12.1. The van der Waals surface area contributed by atoms with E-state index in [-0.39, 0.29) is 5.91 Å². The van der Waals surface area contributed by atoms with Crippen LogP contribution in [-0.4, -0.2) is 61.1 Å². The van der Waals surface area contributed by atoms with Gasteiger partial charge in [-0.3, -0.25) is 9.69 Å². The van der Waals surface area contributed by atoms with E-state index < -0.39 is 0 Å². The topological polar surface area (TPSA) is 45.9 Å². The van der Waals surface area contributed by atoms with Crippen molar-refractivity contribution in [2.24, 2.45) is 0 Å². The van der Waals surface area contributed by atoms with Crippen LogP contribution in [0.15, 0.2) is 10.5 Å². The molecule has 0 aromatic carbocycles. The molecule has 140 valence electrons. The third kappa shape index (κ3) is 4.45. The van der Waals surface area contributed by atoms with Crippen molar-refractivity contribution in [3.05, 3.63) is 23.2 Å². The van der Waals surface area contributed by atoms with E-state index in [1.54, 1.807) is 0 Å². The first-order valence-corrected chi connectivity index (χ1v) is 9.77. The average molecular weight is 348 g/mol. The minimum absolute atomic E-state index is 0.153. The summed E-state index contributed by atoms with van der Waals surface area (Å²) < 4.78 is 11.2. The Hall–Kier alpha value is -1.33. The van der Waals surface area contributed by atoms with Gasteiger partial charge in [0.2, 0.25) is 0 Å². The summed E-state index contributed by atoms with van der Waals surface area (Å²) in [6.07, 6.45) is 4.50. The van der Waals surface area contributed by atoms with Gasteiger partial charge in [0.1, 0.15) is 11.5 Å². The van der Waals surface area contributed by atoms with Crippen LogP contribution in [0.4, 0.5) is 0 Å². The number of morpholine rings is 1. The summed E-state index contributed by atoms with van der Waals surface area (Å²) in [7, 11) is 0. The summed E-state index contributed by atoms with van der Waals surface area (Å²) in [5.41, 5.74) is 0.752. The van der Waals surface area contributed by atoms with Crippen LogP contribution in [0, 0.1) is 6.92 Å². The Bertz CT molecular complexity index is 575. The molecule has 2 saturated heterocycles. The second kappa shape index (κ2) is 8.37. The van der Waals surface area contributed by atoms with Crippen molar-refractivity contribution in [2.45, 2.75) is 58.4 Å². The fraction of sp³-hybridized carbons (Fsp3) is 0.750. The number of ether oxygens (including phenoxy) is 1. The Morgan fingerprint density at radius 1 is 1.24 bits per heavy atom. The van der Waals surface area contributed by atoms with Gasteiger partial charge in [-0.2, -0.15) is 0 Å². The monoisotopic (exact) mass is 348 g/mol. The molecular formula is C20H32N2O3. The lowest BCUT2D eigenvalue weighted by Gasteiger charge is -2.37. The number of aryl methyl sites for hydroxylation is 1. The zero-order chi connectivity index (χ0) is 17.8. The summed E-state index contributed by atoms with van der Waals surface area (Å²) in [4.78, 5) is 17.7. The van der Waals surface area contributed by atoms with E-state index in [4.69, 9.17) is 9.15 Å². The molecule has 2 aliphatic heterocycles. The lowest BCUT2D eigenvalue weighted by molar-refractivity contribution is 0.0295. The second-order valence-corrected chi connectivity index (χ2v) is 7.66. The average Bonchev–Trinajstić information content (AvgIpc) is 3.02. The molecule has 2 fully saturated rings. The summed E-state index contributed by atoms with van der Waals surface area (Å²) in [5.74, 6) is 2.12. The highest BCUT2D eigenvalue weighted by Gasteiger charge is 2.30. The van der Waals surface area contributed by atoms with Gasteiger partial charge in [0.05, 0.1) is 18.8 Å². The highest BCUT2D eigenvalue weighted by Crippen LogP contribution is 2.27. The molecule has 0 spiro atoms. The molecule has 0 N–H and O–H groups in total. The maximum absolute atomic E-state index is 13.2. The van der Waals surface area contributed by atoms with E-state index in [9.17, 15) is 4.79 Å². The van der Waals surface area contributed by atoms with Crippen molar-refractivity contribution >= 4 is 5.91 Å². The van der Waals surface area contributed by atoms with Gasteiger partial charge in [-0.25, -0.2) is 0 Å². The molecule has 5 heteroatoms. The zero-order valence-electron chi connectivity index (χ0n) is 15.9. The maximum Gasteiger partial charge on any atom is 0.257 e. The molecule has 0 bridgehead atoms. The van der Waals surface area contributed by atoms with Crippen molar-refractivity contribution in [3.63, 3.8) is 0 Å². The molecule has 1 aromatic rings. The van der Waals surface area contributed by atoms with E-state index in [1.807, 2.05) is 13.0 Å². The van der Waals surface area contributed by atoms with Crippen molar-refractivity contribution in [1.82, 2.24) is 9.80 Å². The predicted molar refractivity (Wildman–Crippen MR) is 98.1 cm³/mol. The Morgan fingerprint density at radius 3 is 2.68 bits per heavy atom. The van der Waals surface area contributed by atoms with E-state index in [0.29, 0.717) is 12.0 Å². The van der Waals surface area contributed by atoms with E-state index in [1.165, 1.54) is 6.42 Å². The lowest BCUT2D eigenvalue weighted by Crippen LogP contribution is -2.46. The number of nitrogens with zero attached hydrogens (tertiary/aromatic N) is 2. The second-order valence-electron chi connectivity index (χ2n) is 7.66. The van der Waals surface area contributed by atoms with Gasteiger partial charge < -0.3 is 14.1 Å². The van der Waals surface area contributed by atoms with Crippen LogP contribution in [-0.2, 0) is 4.74 Å². The largest absolute Gasteiger partial charge is 0.465 e. The van der Waals surface area contributed by atoms with E-state index in [2.05, 4.69) is 23.6 Å². The Kier molecular flexibility index (Phi) is 6.18. The number of amides is 1. The molecule has 1 aromatic heterocycles. The minimum atomic E-state index is 0.153. The quantitative estimate of drug-likeness (QED) is 0.818. The van der Waals surface area contributed by atoms with Crippen LogP contribution in [0.1, 0.15) is 67.3 Å². The van der Waals surface area contributed by atoms with Gasteiger partial charge in [0, 0.05) is 38.1 Å². The molecule has 0 aliphatic carbocycles. The standard InChI is InChI=1S/C20H32N2O3/c1-15(2)19-14-18(16(3)25-19)20(23)22-8-5-4-6-17(22)7-9-21-10-12-24-13-11-21/h14-15,17H,4-13H2,1-3H3/t17-/m1/s1. The maximum atomic E-state index is 13.2. The first kappa shape index (κ1) is 18.5. The van der Waals surface area contributed by atoms with Crippen molar-refractivity contribution in [1.29, 1.82) is 0 Å².